The van der Waals surface area contributed by atoms with Gasteiger partial charge in [0.05, 0.1) is 6.67 Å². The van der Waals surface area contributed by atoms with Crippen molar-refractivity contribution in [1.82, 2.24) is 4.98 Å². The molecule has 1 aliphatic heterocycles. The Balaban J connectivity index is 2.08. The molecule has 0 radical (unpaired) electrons. The fourth-order valence-corrected chi connectivity index (χ4v) is 2.03. The molecule has 4 nitrogen and oxygen atoms in total. The number of nitrogens with zero attached hydrogens (tertiary/aromatic N) is 2. The van der Waals surface area contributed by atoms with Gasteiger partial charge in [0.1, 0.15) is 5.82 Å². The average Bonchev–Trinajstić information content (AvgIpc) is 2.39. The quantitative estimate of drug-likeness (QED) is 0.874. The van der Waals surface area contributed by atoms with Crippen LogP contribution in [0.3, 0.4) is 0 Å². The van der Waals surface area contributed by atoms with Gasteiger partial charge in [-0.25, -0.2) is 9.78 Å². The van der Waals surface area contributed by atoms with Gasteiger partial charge in [0, 0.05) is 13.1 Å². The van der Waals surface area contributed by atoms with Crippen LogP contribution in [0.5, 0.6) is 0 Å². The van der Waals surface area contributed by atoms with E-state index in [1.807, 2.05) is 4.90 Å². The second-order valence-electron chi connectivity index (χ2n) is 4.27. The minimum absolute atomic E-state index is 0.0510. The summed E-state index contributed by atoms with van der Waals surface area (Å²) in [4.78, 5) is 16.9. The van der Waals surface area contributed by atoms with Gasteiger partial charge < -0.3 is 10.0 Å². The normalized spacial score (nSPS) is 17.1. The first-order chi connectivity index (χ1) is 8.20. The Labute approximate surface area is 99.1 Å². The van der Waals surface area contributed by atoms with Gasteiger partial charge in [-0.3, -0.25) is 4.39 Å². The molecule has 92 valence electrons. The average molecular weight is 238 g/mol. The Hall–Kier alpha value is -1.65. The van der Waals surface area contributed by atoms with E-state index in [0.717, 1.165) is 25.9 Å². The Morgan fingerprint density at radius 1 is 1.47 bits per heavy atom. The third kappa shape index (κ3) is 2.72. The topological polar surface area (TPSA) is 53.4 Å². The number of carboxylic acids is 1. The highest BCUT2D eigenvalue weighted by molar-refractivity contribution is 5.85. The van der Waals surface area contributed by atoms with Gasteiger partial charge in [0.15, 0.2) is 5.69 Å². The number of carboxylic acid groups (broad SMARTS) is 1. The van der Waals surface area contributed by atoms with Crippen molar-refractivity contribution >= 4 is 11.8 Å². The van der Waals surface area contributed by atoms with E-state index < -0.39 is 5.97 Å². The zero-order valence-corrected chi connectivity index (χ0v) is 9.47. The molecule has 1 N–H and O–H groups in total. The van der Waals surface area contributed by atoms with E-state index in [4.69, 9.17) is 5.11 Å². The standard InChI is InChI=1S/C12H15FN2O2/c13-8-9-4-6-15(7-5-9)11-3-1-2-10(14-11)12(16)17/h1-3,9H,4-8H2,(H,16,17). The highest BCUT2D eigenvalue weighted by Gasteiger charge is 2.20. The summed E-state index contributed by atoms with van der Waals surface area (Å²) >= 11 is 0. The van der Waals surface area contributed by atoms with Crippen LogP contribution >= 0.6 is 0 Å². The number of alkyl halides is 1. The summed E-state index contributed by atoms with van der Waals surface area (Å²) in [6.45, 7) is 1.21. The number of aromatic nitrogens is 1. The molecule has 1 aromatic heterocycles. The zero-order valence-electron chi connectivity index (χ0n) is 9.47. The lowest BCUT2D eigenvalue weighted by molar-refractivity contribution is 0.0690. The maximum absolute atomic E-state index is 12.5. The first-order valence-electron chi connectivity index (χ1n) is 5.72. The predicted molar refractivity (Wildman–Crippen MR) is 62.1 cm³/mol. The van der Waals surface area contributed by atoms with E-state index in [2.05, 4.69) is 4.98 Å². The summed E-state index contributed by atoms with van der Waals surface area (Å²) in [5.41, 5.74) is 0.0510. The molecule has 0 aliphatic carbocycles. The van der Waals surface area contributed by atoms with Gasteiger partial charge in [-0.1, -0.05) is 6.07 Å². The van der Waals surface area contributed by atoms with Crippen molar-refractivity contribution in [2.75, 3.05) is 24.7 Å². The smallest absolute Gasteiger partial charge is 0.354 e. The second kappa shape index (κ2) is 5.12. The molecule has 0 bridgehead atoms. The summed E-state index contributed by atoms with van der Waals surface area (Å²) in [6, 6.07) is 4.95. The minimum atomic E-state index is -1.02. The first-order valence-corrected chi connectivity index (χ1v) is 5.72. The monoisotopic (exact) mass is 238 g/mol. The molecule has 0 saturated carbocycles. The number of pyridine rings is 1. The molecular formula is C12H15FN2O2. The summed E-state index contributed by atoms with van der Waals surface area (Å²) in [7, 11) is 0. The van der Waals surface area contributed by atoms with Gasteiger partial charge in [-0.05, 0) is 30.9 Å². The van der Waals surface area contributed by atoms with E-state index in [1.54, 1.807) is 12.1 Å². The van der Waals surface area contributed by atoms with Crippen molar-refractivity contribution in [3.05, 3.63) is 23.9 Å². The molecule has 0 spiro atoms. The number of hydrogen-bond acceptors (Lipinski definition) is 3. The molecule has 0 unspecified atom stereocenters. The molecule has 0 amide bonds. The lowest BCUT2D eigenvalue weighted by atomic mass is 9.98. The fourth-order valence-electron chi connectivity index (χ4n) is 2.03. The van der Waals surface area contributed by atoms with Gasteiger partial charge in [0.25, 0.3) is 0 Å². The van der Waals surface area contributed by atoms with Gasteiger partial charge in [-0.15, -0.1) is 0 Å². The van der Waals surface area contributed by atoms with Crippen LogP contribution in [0.15, 0.2) is 18.2 Å². The van der Waals surface area contributed by atoms with Crippen LogP contribution in [-0.4, -0.2) is 35.8 Å². The molecule has 1 fully saturated rings. The maximum atomic E-state index is 12.5. The third-order valence-corrected chi connectivity index (χ3v) is 3.11. The molecular weight excluding hydrogens is 223 g/mol. The van der Waals surface area contributed by atoms with E-state index in [1.165, 1.54) is 6.07 Å². The van der Waals surface area contributed by atoms with Crippen LogP contribution in [0.1, 0.15) is 23.3 Å². The highest BCUT2D eigenvalue weighted by Crippen LogP contribution is 2.22. The highest BCUT2D eigenvalue weighted by atomic mass is 19.1. The summed E-state index contributed by atoms with van der Waals surface area (Å²) < 4.78 is 12.5. The molecule has 5 heteroatoms. The predicted octanol–water partition coefficient (Wildman–Crippen LogP) is 1.97. The molecule has 2 rings (SSSR count). The number of halogens is 1. The van der Waals surface area contributed by atoms with Crippen LogP contribution in [0.4, 0.5) is 10.2 Å². The second-order valence-corrected chi connectivity index (χ2v) is 4.27. The number of anilines is 1. The van der Waals surface area contributed by atoms with Crippen LogP contribution < -0.4 is 4.90 Å². The van der Waals surface area contributed by atoms with Crippen molar-refractivity contribution in [1.29, 1.82) is 0 Å². The number of hydrogen-bond donors (Lipinski definition) is 1. The largest absolute Gasteiger partial charge is 0.477 e. The Kier molecular flexibility index (Phi) is 3.56. The molecule has 17 heavy (non-hydrogen) atoms. The molecule has 1 aromatic rings. The molecule has 1 aliphatic rings. The van der Waals surface area contributed by atoms with Crippen molar-refractivity contribution in [2.45, 2.75) is 12.8 Å². The summed E-state index contributed by atoms with van der Waals surface area (Å²) in [6.07, 6.45) is 1.60. The minimum Gasteiger partial charge on any atom is -0.477 e. The van der Waals surface area contributed by atoms with Crippen LogP contribution in [0, 0.1) is 5.92 Å². The lowest BCUT2D eigenvalue weighted by Crippen LogP contribution is -2.35. The Bertz CT molecular complexity index is 403. The molecule has 0 atom stereocenters. The third-order valence-electron chi connectivity index (χ3n) is 3.11. The number of rotatable bonds is 3. The summed E-state index contributed by atoms with van der Waals surface area (Å²) in [5, 5.41) is 8.86. The van der Waals surface area contributed by atoms with Gasteiger partial charge in [-0.2, -0.15) is 0 Å². The van der Waals surface area contributed by atoms with E-state index in [-0.39, 0.29) is 18.3 Å². The Morgan fingerprint density at radius 2 is 2.18 bits per heavy atom. The van der Waals surface area contributed by atoms with Crippen LogP contribution in [-0.2, 0) is 0 Å². The van der Waals surface area contributed by atoms with E-state index in [0.29, 0.717) is 5.82 Å². The fraction of sp³-hybridized carbons (Fsp3) is 0.500. The van der Waals surface area contributed by atoms with Crippen molar-refractivity contribution in [3.8, 4) is 0 Å². The molecule has 0 aromatic carbocycles. The van der Waals surface area contributed by atoms with E-state index in [9.17, 15) is 9.18 Å². The SMILES string of the molecule is O=C(O)c1cccc(N2CCC(CF)CC2)n1. The van der Waals surface area contributed by atoms with E-state index >= 15 is 0 Å². The lowest BCUT2D eigenvalue weighted by Gasteiger charge is -2.31. The number of piperidine rings is 1. The van der Waals surface area contributed by atoms with Gasteiger partial charge in [0.2, 0.25) is 0 Å². The number of aromatic carboxylic acids is 1. The van der Waals surface area contributed by atoms with Crippen molar-refractivity contribution in [2.24, 2.45) is 5.92 Å². The summed E-state index contributed by atoms with van der Waals surface area (Å²) in [5.74, 6) is -0.207. The first kappa shape index (κ1) is 11.8. The maximum Gasteiger partial charge on any atom is 0.354 e. The Morgan fingerprint density at radius 3 is 2.76 bits per heavy atom. The van der Waals surface area contributed by atoms with Crippen LogP contribution in [0.25, 0.3) is 0 Å². The molecule has 1 saturated heterocycles. The van der Waals surface area contributed by atoms with Gasteiger partial charge >= 0.3 is 5.97 Å². The number of carbonyl (C=O) groups is 1. The zero-order chi connectivity index (χ0) is 12.3. The molecule has 2 heterocycles. The van der Waals surface area contributed by atoms with Crippen LogP contribution in [0.2, 0.25) is 0 Å². The van der Waals surface area contributed by atoms with Crippen molar-refractivity contribution < 1.29 is 14.3 Å². The van der Waals surface area contributed by atoms with Crippen molar-refractivity contribution in [3.63, 3.8) is 0 Å².